The molecule has 3 N–H and O–H groups in total. The van der Waals surface area contributed by atoms with E-state index < -0.39 is 0 Å². The maximum Gasteiger partial charge on any atom is 0.190 e. The van der Waals surface area contributed by atoms with Gasteiger partial charge in [-0.1, -0.05) is 24.3 Å². The number of nitrogens with one attached hydrogen (secondary N) is 3. The third-order valence-corrected chi connectivity index (χ3v) is 5.32. The molecule has 0 saturated carbocycles. The van der Waals surface area contributed by atoms with Crippen LogP contribution in [0.25, 0.3) is 16.6 Å². The first-order chi connectivity index (χ1) is 14.2. The zero-order valence-corrected chi connectivity index (χ0v) is 20.0. The van der Waals surface area contributed by atoms with Gasteiger partial charge in [0.25, 0.3) is 0 Å². The van der Waals surface area contributed by atoms with Gasteiger partial charge in [0.2, 0.25) is 0 Å². The molecule has 0 amide bonds. The molecule has 0 atom stereocenters. The van der Waals surface area contributed by atoms with Gasteiger partial charge in [0.15, 0.2) is 5.96 Å². The van der Waals surface area contributed by atoms with Crippen LogP contribution in [0.1, 0.15) is 22.5 Å². The van der Waals surface area contributed by atoms with Crippen LogP contribution < -0.4 is 10.6 Å². The molecule has 0 bridgehead atoms. The smallest absolute Gasteiger partial charge is 0.190 e. The van der Waals surface area contributed by atoms with Crippen molar-refractivity contribution >= 4 is 46.5 Å². The molecule has 4 rings (SSSR count). The Hall–Kier alpha value is -2.55. The average molecular weight is 516 g/mol. The molecule has 0 aliphatic heterocycles. The highest BCUT2D eigenvalue weighted by molar-refractivity contribution is 14.0. The van der Waals surface area contributed by atoms with E-state index in [-0.39, 0.29) is 24.0 Å². The van der Waals surface area contributed by atoms with E-state index in [0.29, 0.717) is 0 Å². The second kappa shape index (κ2) is 9.97. The lowest BCUT2D eigenvalue weighted by Crippen LogP contribution is -2.39. The molecular weight excluding hydrogens is 487 g/mol. The minimum Gasteiger partial charge on any atom is -0.358 e. The molecular formula is C23H29IN6. The minimum absolute atomic E-state index is 0. The lowest BCUT2D eigenvalue weighted by molar-refractivity contribution is 0.778. The number of hydrogen-bond donors (Lipinski definition) is 3. The molecule has 0 spiro atoms. The number of rotatable bonds is 6. The zero-order valence-electron chi connectivity index (χ0n) is 17.7. The van der Waals surface area contributed by atoms with Crippen LogP contribution in [0.5, 0.6) is 0 Å². The van der Waals surface area contributed by atoms with Crippen LogP contribution in [0.4, 0.5) is 0 Å². The van der Waals surface area contributed by atoms with Gasteiger partial charge < -0.3 is 20.0 Å². The molecule has 0 saturated heterocycles. The highest BCUT2D eigenvalue weighted by Gasteiger charge is 2.08. The average Bonchev–Trinajstić information content (AvgIpc) is 3.28. The van der Waals surface area contributed by atoms with Crippen LogP contribution in [-0.4, -0.2) is 40.5 Å². The number of aryl methyl sites for hydroxylation is 2. The summed E-state index contributed by atoms with van der Waals surface area (Å²) in [5.41, 5.74) is 7.10. The number of guanidine groups is 1. The van der Waals surface area contributed by atoms with E-state index in [9.17, 15) is 0 Å². The van der Waals surface area contributed by atoms with Gasteiger partial charge in [-0.25, -0.2) is 4.98 Å². The van der Waals surface area contributed by atoms with Crippen molar-refractivity contribution < 1.29 is 0 Å². The SMILES string of the molecule is CN=C(NCCc1cn2cccc(C)c2n1)NCCc1c(C)[nH]c2ccccc12.I. The van der Waals surface area contributed by atoms with E-state index in [0.717, 1.165) is 43.2 Å². The van der Waals surface area contributed by atoms with Gasteiger partial charge in [-0.3, -0.25) is 4.99 Å². The van der Waals surface area contributed by atoms with Gasteiger partial charge in [-0.15, -0.1) is 24.0 Å². The van der Waals surface area contributed by atoms with Gasteiger partial charge >= 0.3 is 0 Å². The number of aliphatic imine (C=N–C) groups is 1. The van der Waals surface area contributed by atoms with Crippen molar-refractivity contribution in [3.8, 4) is 0 Å². The molecule has 3 aromatic heterocycles. The van der Waals surface area contributed by atoms with E-state index in [2.05, 4.69) is 75.4 Å². The fraction of sp³-hybridized carbons (Fsp3) is 0.304. The number of para-hydroxylation sites is 1. The summed E-state index contributed by atoms with van der Waals surface area (Å²) < 4.78 is 2.08. The molecule has 30 heavy (non-hydrogen) atoms. The largest absolute Gasteiger partial charge is 0.358 e. The van der Waals surface area contributed by atoms with Crippen molar-refractivity contribution in [2.45, 2.75) is 26.7 Å². The molecule has 0 radical (unpaired) electrons. The number of pyridine rings is 1. The molecule has 3 heterocycles. The fourth-order valence-corrected chi connectivity index (χ4v) is 3.82. The van der Waals surface area contributed by atoms with Crippen molar-refractivity contribution in [1.82, 2.24) is 25.0 Å². The number of fused-ring (bicyclic) bond motifs is 2. The van der Waals surface area contributed by atoms with Crippen molar-refractivity contribution in [1.29, 1.82) is 0 Å². The molecule has 4 aromatic rings. The Kier molecular flexibility index (Phi) is 7.36. The van der Waals surface area contributed by atoms with Crippen LogP contribution in [0, 0.1) is 13.8 Å². The van der Waals surface area contributed by atoms with Crippen LogP contribution in [0.3, 0.4) is 0 Å². The maximum atomic E-state index is 4.73. The Bertz CT molecular complexity index is 1160. The summed E-state index contributed by atoms with van der Waals surface area (Å²) in [6.45, 7) is 5.84. The van der Waals surface area contributed by atoms with E-state index in [1.54, 1.807) is 7.05 Å². The highest BCUT2D eigenvalue weighted by atomic mass is 127. The quantitative estimate of drug-likeness (QED) is 0.206. The number of H-pyrrole nitrogens is 1. The minimum atomic E-state index is 0. The fourth-order valence-electron chi connectivity index (χ4n) is 3.82. The van der Waals surface area contributed by atoms with Gasteiger partial charge in [-0.2, -0.15) is 0 Å². The lowest BCUT2D eigenvalue weighted by atomic mass is 10.1. The molecule has 6 nitrogen and oxygen atoms in total. The standard InChI is InChI=1S/C23H28N6.HI/c1-16-7-6-14-29-15-18(28-22(16)29)10-12-25-23(24-3)26-13-11-19-17(2)27-21-9-5-4-8-20(19)21;/h4-9,14-15,27H,10-13H2,1-3H3,(H2,24,25,26);1H. The third-order valence-electron chi connectivity index (χ3n) is 5.32. The molecule has 0 unspecified atom stereocenters. The van der Waals surface area contributed by atoms with Crippen LogP contribution in [0.2, 0.25) is 0 Å². The third kappa shape index (κ3) is 4.77. The number of nitrogens with zero attached hydrogens (tertiary/aromatic N) is 3. The number of aromatic amines is 1. The normalized spacial score (nSPS) is 11.6. The number of imidazole rings is 1. The zero-order chi connectivity index (χ0) is 20.2. The number of aromatic nitrogens is 3. The number of benzene rings is 1. The Morgan fingerprint density at radius 3 is 2.60 bits per heavy atom. The van der Waals surface area contributed by atoms with Gasteiger partial charge in [0.1, 0.15) is 5.65 Å². The predicted octanol–water partition coefficient (Wildman–Crippen LogP) is 4.00. The first-order valence-corrected chi connectivity index (χ1v) is 10.1. The first-order valence-electron chi connectivity index (χ1n) is 10.1. The summed E-state index contributed by atoms with van der Waals surface area (Å²) in [5.74, 6) is 0.822. The summed E-state index contributed by atoms with van der Waals surface area (Å²) in [7, 11) is 1.81. The number of halogens is 1. The van der Waals surface area contributed by atoms with Gasteiger partial charge in [-0.05, 0) is 43.5 Å². The number of hydrogen-bond acceptors (Lipinski definition) is 2. The summed E-state index contributed by atoms with van der Waals surface area (Å²) in [4.78, 5) is 12.5. The lowest BCUT2D eigenvalue weighted by Gasteiger charge is -2.11. The van der Waals surface area contributed by atoms with E-state index in [1.807, 2.05) is 12.3 Å². The topological polar surface area (TPSA) is 69.5 Å². The molecule has 158 valence electrons. The first kappa shape index (κ1) is 22.1. The molecule has 0 aliphatic carbocycles. The summed E-state index contributed by atoms with van der Waals surface area (Å²) in [5, 5.41) is 8.11. The summed E-state index contributed by atoms with van der Waals surface area (Å²) >= 11 is 0. The Labute approximate surface area is 194 Å². The van der Waals surface area contributed by atoms with Crippen molar-refractivity contribution in [3.63, 3.8) is 0 Å². The van der Waals surface area contributed by atoms with Crippen molar-refractivity contribution in [2.75, 3.05) is 20.1 Å². The van der Waals surface area contributed by atoms with E-state index >= 15 is 0 Å². The Morgan fingerprint density at radius 1 is 1.07 bits per heavy atom. The predicted molar refractivity (Wildman–Crippen MR) is 135 cm³/mol. The van der Waals surface area contributed by atoms with E-state index in [4.69, 9.17) is 4.98 Å². The second-order valence-electron chi connectivity index (χ2n) is 7.35. The molecule has 7 heteroatoms. The van der Waals surface area contributed by atoms with Crippen LogP contribution in [0.15, 0.2) is 53.8 Å². The molecule has 0 aliphatic rings. The summed E-state index contributed by atoms with van der Waals surface area (Å²) in [6, 6.07) is 12.6. The monoisotopic (exact) mass is 516 g/mol. The van der Waals surface area contributed by atoms with Crippen molar-refractivity contribution in [2.24, 2.45) is 4.99 Å². The highest BCUT2D eigenvalue weighted by Crippen LogP contribution is 2.21. The van der Waals surface area contributed by atoms with E-state index in [1.165, 1.54) is 27.7 Å². The molecule has 0 fully saturated rings. The van der Waals surface area contributed by atoms with Gasteiger partial charge in [0, 0.05) is 55.5 Å². The Morgan fingerprint density at radius 2 is 1.83 bits per heavy atom. The van der Waals surface area contributed by atoms with Crippen LogP contribution >= 0.6 is 24.0 Å². The van der Waals surface area contributed by atoms with Crippen molar-refractivity contribution in [3.05, 3.63) is 71.3 Å². The molecule has 1 aromatic carbocycles. The van der Waals surface area contributed by atoms with Gasteiger partial charge in [0.05, 0.1) is 5.69 Å². The maximum absolute atomic E-state index is 4.73. The summed E-state index contributed by atoms with van der Waals surface area (Å²) in [6.07, 6.45) is 5.94. The van der Waals surface area contributed by atoms with Crippen LogP contribution in [-0.2, 0) is 12.8 Å². The Balaban J connectivity index is 0.00000256. The second-order valence-corrected chi connectivity index (χ2v) is 7.35.